The summed E-state index contributed by atoms with van der Waals surface area (Å²) in [5, 5.41) is 0.681. The van der Waals surface area contributed by atoms with Gasteiger partial charge in [-0.3, -0.25) is 9.59 Å². The molecule has 11 nitrogen and oxygen atoms in total. The molecule has 2 saturated carbocycles. The number of fused-ring (bicyclic) bond motifs is 5. The van der Waals surface area contributed by atoms with Crippen molar-refractivity contribution in [2.24, 2.45) is 35.5 Å². The Labute approximate surface area is 357 Å². The number of hydrogen-bond acceptors (Lipinski definition) is 11. The van der Waals surface area contributed by atoms with Gasteiger partial charge in [0.05, 0.1) is 30.8 Å². The van der Waals surface area contributed by atoms with Crippen molar-refractivity contribution >= 4 is 23.4 Å². The number of allylic oxidation sites excluding steroid dienone is 2. The monoisotopic (exact) mass is 843 g/mol. The molecule has 59 heavy (non-hydrogen) atoms. The molecule has 6 aliphatic rings. The smallest absolute Gasteiger partial charge is 0.306 e. The average molecular weight is 845 g/mol. The molecule has 7 rings (SSSR count). The number of carbonyl (C=O) groups is 2. The van der Waals surface area contributed by atoms with E-state index in [2.05, 4.69) is 51.1 Å². The van der Waals surface area contributed by atoms with Crippen molar-refractivity contribution in [2.45, 2.75) is 165 Å². The molecule has 3 aliphatic carbocycles. The summed E-state index contributed by atoms with van der Waals surface area (Å²) in [6.07, 6.45) is 6.72. The first-order valence-electron chi connectivity index (χ1n) is 22.4. The van der Waals surface area contributed by atoms with E-state index in [1.807, 2.05) is 26.0 Å². The molecule has 0 radical (unpaired) electrons. The van der Waals surface area contributed by atoms with Gasteiger partial charge in [0.1, 0.15) is 24.4 Å². The standard InChI is InChI=1S/C47H70ClNO10/c1-10-31-15-12-16-39(59-41-18-17-38(49(5)6)26(3)55-41)25(2)43(51)37-23-35-33-22-32(58-47-46(54-9)45(53-8)44(52-7)27(4)56-47)20-29(33)21-34(28-13-11-14-30(48)19-28)42(35)36(37)24-40(50)57-31/h11,13-14,19,23,25-27,29,31-36,38-39,41-42,44-47H,10,12,15-18,20-22,24H2,1-9H3/t25-,26?,27?,29+,31+,32-,33-,34?,35+,36-,38+,39+,41+,42?,44+,45?,46+,47+/m1/s1. The number of likely N-dealkylation sites (N-methyl/N-ethyl adjacent to an activating group) is 1. The van der Waals surface area contributed by atoms with E-state index in [0.717, 1.165) is 62.5 Å². The molecule has 1 aromatic carbocycles. The molecular formula is C47H70ClNO10. The zero-order chi connectivity index (χ0) is 42.1. The van der Waals surface area contributed by atoms with Crippen molar-refractivity contribution in [2.75, 3.05) is 35.4 Å². The summed E-state index contributed by atoms with van der Waals surface area (Å²) >= 11 is 6.69. The predicted octanol–water partition coefficient (Wildman–Crippen LogP) is 7.76. The van der Waals surface area contributed by atoms with Gasteiger partial charge in [-0.05, 0) is 139 Å². The molecule has 330 valence electrons. The zero-order valence-corrected chi connectivity index (χ0v) is 37.5. The number of methoxy groups -OCH3 is 3. The van der Waals surface area contributed by atoms with Gasteiger partial charge in [-0.15, -0.1) is 0 Å². The van der Waals surface area contributed by atoms with Gasteiger partial charge in [0, 0.05) is 44.2 Å². The van der Waals surface area contributed by atoms with E-state index < -0.39 is 18.3 Å². The molecule has 3 aliphatic heterocycles. The maximum absolute atomic E-state index is 15.2. The number of nitrogens with zero attached hydrogens (tertiary/aromatic N) is 1. The minimum absolute atomic E-state index is 0.0121. The van der Waals surface area contributed by atoms with Gasteiger partial charge >= 0.3 is 5.97 Å². The fourth-order valence-corrected chi connectivity index (χ4v) is 12.3. The first-order chi connectivity index (χ1) is 28.3. The van der Waals surface area contributed by atoms with Gasteiger partial charge < -0.3 is 42.8 Å². The lowest BCUT2D eigenvalue weighted by Crippen LogP contribution is -2.59. The fraction of sp³-hybridized carbons (Fsp3) is 0.787. The third-order valence-electron chi connectivity index (χ3n) is 15.1. The number of ketones is 1. The molecule has 5 unspecified atom stereocenters. The van der Waals surface area contributed by atoms with E-state index in [9.17, 15) is 4.79 Å². The third kappa shape index (κ3) is 9.54. The summed E-state index contributed by atoms with van der Waals surface area (Å²) in [5.74, 6) is -0.140. The molecule has 3 heterocycles. The molecule has 1 aromatic rings. The van der Waals surface area contributed by atoms with Gasteiger partial charge in [-0.1, -0.05) is 43.7 Å². The number of benzene rings is 1. The summed E-state index contributed by atoms with van der Waals surface area (Å²) in [5.41, 5.74) is 1.90. The van der Waals surface area contributed by atoms with Gasteiger partial charge in [0.2, 0.25) is 0 Å². The highest BCUT2D eigenvalue weighted by molar-refractivity contribution is 6.30. The van der Waals surface area contributed by atoms with Crippen LogP contribution >= 0.6 is 11.6 Å². The average Bonchev–Trinajstić information content (AvgIpc) is 3.79. The van der Waals surface area contributed by atoms with Crippen LogP contribution in [0.3, 0.4) is 0 Å². The molecule has 0 aromatic heterocycles. The van der Waals surface area contributed by atoms with E-state index in [1.54, 1.807) is 21.3 Å². The van der Waals surface area contributed by atoms with E-state index in [-0.39, 0.29) is 96.8 Å². The first kappa shape index (κ1) is 45.1. The highest BCUT2D eigenvalue weighted by atomic mass is 35.5. The number of ether oxygens (including phenoxy) is 8. The molecule has 3 saturated heterocycles. The summed E-state index contributed by atoms with van der Waals surface area (Å²) in [6.45, 7) is 8.19. The number of halogens is 1. The highest BCUT2D eigenvalue weighted by Gasteiger charge is 2.57. The Kier molecular flexibility index (Phi) is 15.0. The zero-order valence-electron chi connectivity index (χ0n) is 36.8. The summed E-state index contributed by atoms with van der Waals surface area (Å²) < 4.78 is 50.4. The van der Waals surface area contributed by atoms with Crippen LogP contribution in [0.15, 0.2) is 35.9 Å². The third-order valence-corrected chi connectivity index (χ3v) is 15.3. The largest absolute Gasteiger partial charge is 0.462 e. The Morgan fingerprint density at radius 3 is 2.29 bits per heavy atom. The minimum atomic E-state index is -0.626. The molecule has 12 heteroatoms. The lowest BCUT2D eigenvalue weighted by atomic mass is 9.59. The molecule has 0 amide bonds. The van der Waals surface area contributed by atoms with Gasteiger partial charge in [0.25, 0.3) is 0 Å². The molecule has 5 fully saturated rings. The lowest BCUT2D eigenvalue weighted by molar-refractivity contribution is -0.314. The van der Waals surface area contributed by atoms with Crippen molar-refractivity contribution in [3.05, 3.63) is 46.5 Å². The molecule has 0 bridgehead atoms. The summed E-state index contributed by atoms with van der Waals surface area (Å²) in [6, 6.07) is 8.47. The Hall–Kier alpha value is -1.93. The highest BCUT2D eigenvalue weighted by Crippen LogP contribution is 2.61. The van der Waals surface area contributed by atoms with Gasteiger partial charge in [0.15, 0.2) is 18.4 Å². The van der Waals surface area contributed by atoms with Crippen molar-refractivity contribution < 1.29 is 47.5 Å². The fourth-order valence-electron chi connectivity index (χ4n) is 12.1. The SMILES string of the molecule is CC[C@H]1CCC[C@H](O[C@H]2CC[C@H](N(C)C)C(C)O2)[C@@H](C)C(=O)C2=C[C@@H]3C(C(c4cccc(Cl)c4)C[C@@H]4C[C@@H](O[C@@H]5OC(C)[C@H](OC)C(OC)[C@@H]5OC)C[C@H]43)[C@@H]2CC(=O)O1. The van der Waals surface area contributed by atoms with Crippen molar-refractivity contribution in [3.63, 3.8) is 0 Å². The molecule has 0 spiro atoms. The van der Waals surface area contributed by atoms with E-state index >= 15 is 4.79 Å². The van der Waals surface area contributed by atoms with Gasteiger partial charge in [-0.25, -0.2) is 0 Å². The van der Waals surface area contributed by atoms with Crippen LogP contribution in [0.5, 0.6) is 0 Å². The maximum Gasteiger partial charge on any atom is 0.306 e. The second kappa shape index (κ2) is 19.6. The van der Waals surface area contributed by atoms with E-state index in [4.69, 9.17) is 49.5 Å². The first-order valence-corrected chi connectivity index (χ1v) is 22.8. The van der Waals surface area contributed by atoms with Crippen LogP contribution in [-0.2, 0) is 47.5 Å². The lowest BCUT2D eigenvalue weighted by Gasteiger charge is -2.44. The number of hydrogen-bond donors (Lipinski definition) is 0. The molecular weight excluding hydrogens is 774 g/mol. The Balaban J connectivity index is 1.20. The molecule has 0 N–H and O–H groups in total. The normalized spacial score (nSPS) is 43.2. The van der Waals surface area contributed by atoms with Crippen LogP contribution < -0.4 is 0 Å². The second-order valence-corrected chi connectivity index (χ2v) is 19.0. The number of carbonyl (C=O) groups excluding carboxylic acids is 2. The Morgan fingerprint density at radius 1 is 0.847 bits per heavy atom. The van der Waals surface area contributed by atoms with E-state index in [1.165, 1.54) is 0 Å². The quantitative estimate of drug-likeness (QED) is 0.216. The second-order valence-electron chi connectivity index (χ2n) is 18.6. The van der Waals surface area contributed by atoms with Crippen molar-refractivity contribution in [1.29, 1.82) is 0 Å². The summed E-state index contributed by atoms with van der Waals surface area (Å²) in [7, 11) is 9.17. The minimum Gasteiger partial charge on any atom is -0.462 e. The van der Waals surface area contributed by atoms with Crippen LogP contribution in [0.25, 0.3) is 0 Å². The number of rotatable bonds is 10. The van der Waals surface area contributed by atoms with Crippen LogP contribution in [0.4, 0.5) is 0 Å². The Morgan fingerprint density at radius 2 is 1.61 bits per heavy atom. The van der Waals surface area contributed by atoms with Crippen molar-refractivity contribution in [1.82, 2.24) is 4.90 Å². The van der Waals surface area contributed by atoms with E-state index in [0.29, 0.717) is 23.4 Å². The Bertz CT molecular complexity index is 1620. The van der Waals surface area contributed by atoms with Crippen LogP contribution in [0.2, 0.25) is 5.02 Å². The summed E-state index contributed by atoms with van der Waals surface area (Å²) in [4.78, 5) is 31.4. The van der Waals surface area contributed by atoms with Crippen LogP contribution in [-0.4, -0.2) is 120 Å². The predicted molar refractivity (Wildman–Crippen MR) is 224 cm³/mol. The van der Waals surface area contributed by atoms with Crippen LogP contribution in [0, 0.1) is 35.5 Å². The van der Waals surface area contributed by atoms with Gasteiger partial charge in [-0.2, -0.15) is 0 Å². The maximum atomic E-state index is 15.2. The number of Topliss-reactive ketones (excluding diaryl/α,β-unsaturated/α-hetero) is 1. The number of cyclic esters (lactones) is 1. The van der Waals surface area contributed by atoms with Crippen molar-refractivity contribution in [3.8, 4) is 0 Å². The molecule has 18 atom stereocenters. The number of esters is 1. The topological polar surface area (TPSA) is 111 Å². The van der Waals surface area contributed by atoms with Crippen LogP contribution in [0.1, 0.15) is 103 Å².